The van der Waals surface area contributed by atoms with Crippen molar-refractivity contribution in [3.8, 4) is 0 Å². The zero-order valence-corrected chi connectivity index (χ0v) is 10.8. The molecule has 2 aliphatic carbocycles. The first-order chi connectivity index (χ1) is 9.26. The predicted molar refractivity (Wildman–Crippen MR) is 63.0 cm³/mol. The van der Waals surface area contributed by atoms with E-state index in [0.717, 1.165) is 25.7 Å². The van der Waals surface area contributed by atoms with Crippen LogP contribution < -0.4 is 5.32 Å². The monoisotopic (exact) mass is 294 g/mol. The molecule has 0 heterocycles. The standard InChI is InChI=1S/C12H17F3N2O3/c13-12(14,15)6-17(5-9(18)19)11(20)16-10(7-1-2-7)8-3-4-8/h7-8,10H,1-6H2,(H,16,20)(H,18,19). The Labute approximate surface area is 114 Å². The third kappa shape index (κ3) is 4.57. The number of carboxylic acids is 1. The van der Waals surface area contributed by atoms with E-state index in [0.29, 0.717) is 16.7 Å². The summed E-state index contributed by atoms with van der Waals surface area (Å²) in [5.74, 6) is -0.785. The molecule has 2 fully saturated rings. The fourth-order valence-electron chi connectivity index (χ4n) is 2.34. The van der Waals surface area contributed by atoms with Gasteiger partial charge in [-0.2, -0.15) is 13.2 Å². The summed E-state index contributed by atoms with van der Waals surface area (Å²) in [7, 11) is 0. The van der Waals surface area contributed by atoms with Crippen molar-refractivity contribution in [2.45, 2.75) is 37.9 Å². The van der Waals surface area contributed by atoms with Crippen LogP contribution in [0, 0.1) is 11.8 Å². The zero-order chi connectivity index (χ0) is 14.9. The molecule has 0 aromatic heterocycles. The Bertz CT molecular complexity index is 380. The Morgan fingerprint density at radius 3 is 2.05 bits per heavy atom. The molecule has 2 amide bonds. The molecule has 2 saturated carbocycles. The lowest BCUT2D eigenvalue weighted by molar-refractivity contribution is -0.149. The first kappa shape index (κ1) is 14.9. The number of carbonyl (C=O) groups is 2. The normalized spacial score (nSPS) is 19.0. The summed E-state index contributed by atoms with van der Waals surface area (Å²) in [5.41, 5.74) is 0. The molecule has 20 heavy (non-hydrogen) atoms. The highest BCUT2D eigenvalue weighted by Crippen LogP contribution is 2.44. The summed E-state index contributed by atoms with van der Waals surface area (Å²) in [4.78, 5) is 22.8. The Kier molecular flexibility index (Phi) is 4.10. The minimum Gasteiger partial charge on any atom is -0.480 e. The van der Waals surface area contributed by atoms with Gasteiger partial charge in [-0.25, -0.2) is 4.79 Å². The van der Waals surface area contributed by atoms with Crippen LogP contribution in [0.1, 0.15) is 25.7 Å². The summed E-state index contributed by atoms with van der Waals surface area (Å²) in [6, 6.07) is -1.04. The number of urea groups is 1. The first-order valence-electron chi connectivity index (χ1n) is 6.60. The van der Waals surface area contributed by atoms with Crippen LogP contribution in [0.15, 0.2) is 0 Å². The molecule has 0 aliphatic heterocycles. The van der Waals surface area contributed by atoms with Crippen molar-refractivity contribution in [1.29, 1.82) is 0 Å². The van der Waals surface area contributed by atoms with Crippen LogP contribution in [0.25, 0.3) is 0 Å². The maximum atomic E-state index is 12.4. The van der Waals surface area contributed by atoms with E-state index in [2.05, 4.69) is 5.32 Å². The minimum atomic E-state index is -4.61. The number of nitrogens with one attached hydrogen (secondary N) is 1. The number of carbonyl (C=O) groups excluding carboxylic acids is 1. The van der Waals surface area contributed by atoms with Gasteiger partial charge in [0.05, 0.1) is 0 Å². The summed E-state index contributed by atoms with van der Waals surface area (Å²) >= 11 is 0. The van der Waals surface area contributed by atoms with Crippen molar-refractivity contribution in [2.24, 2.45) is 11.8 Å². The van der Waals surface area contributed by atoms with Gasteiger partial charge < -0.3 is 15.3 Å². The van der Waals surface area contributed by atoms with Gasteiger partial charge >= 0.3 is 18.2 Å². The summed E-state index contributed by atoms with van der Waals surface area (Å²) in [6.07, 6.45) is -0.722. The number of hydrogen-bond donors (Lipinski definition) is 2. The molecule has 0 bridgehead atoms. The van der Waals surface area contributed by atoms with Crippen molar-refractivity contribution >= 4 is 12.0 Å². The third-order valence-electron chi connectivity index (χ3n) is 3.53. The van der Waals surface area contributed by atoms with Gasteiger partial charge in [-0.05, 0) is 37.5 Å². The topological polar surface area (TPSA) is 69.6 Å². The van der Waals surface area contributed by atoms with Crippen LogP contribution in [0.3, 0.4) is 0 Å². The number of rotatable bonds is 6. The lowest BCUT2D eigenvalue weighted by Gasteiger charge is -2.26. The van der Waals surface area contributed by atoms with E-state index in [1.807, 2.05) is 0 Å². The highest BCUT2D eigenvalue weighted by atomic mass is 19.4. The van der Waals surface area contributed by atoms with Gasteiger partial charge in [-0.1, -0.05) is 0 Å². The van der Waals surface area contributed by atoms with Crippen molar-refractivity contribution < 1.29 is 27.9 Å². The molecule has 0 aromatic rings. The van der Waals surface area contributed by atoms with Gasteiger partial charge in [-0.15, -0.1) is 0 Å². The van der Waals surface area contributed by atoms with Gasteiger partial charge in [0.25, 0.3) is 0 Å². The molecule has 0 spiro atoms. The van der Waals surface area contributed by atoms with E-state index in [4.69, 9.17) is 5.11 Å². The number of carboxylic acid groups (broad SMARTS) is 1. The summed E-state index contributed by atoms with van der Waals surface area (Å²) in [5, 5.41) is 11.2. The van der Waals surface area contributed by atoms with Crippen LogP contribution in [-0.2, 0) is 4.79 Å². The van der Waals surface area contributed by atoms with Crippen molar-refractivity contribution in [2.75, 3.05) is 13.1 Å². The van der Waals surface area contributed by atoms with Gasteiger partial charge in [0.15, 0.2) is 0 Å². The SMILES string of the molecule is O=C(O)CN(CC(F)(F)F)C(=O)NC(C1CC1)C1CC1. The van der Waals surface area contributed by atoms with E-state index in [9.17, 15) is 22.8 Å². The lowest BCUT2D eigenvalue weighted by atomic mass is 10.1. The number of alkyl halides is 3. The average Bonchev–Trinajstić information content (AvgIpc) is 3.12. The second-order valence-corrected chi connectivity index (χ2v) is 5.52. The van der Waals surface area contributed by atoms with Gasteiger partial charge in [0, 0.05) is 6.04 Å². The Morgan fingerprint density at radius 1 is 1.20 bits per heavy atom. The van der Waals surface area contributed by atoms with Crippen LogP contribution in [-0.4, -0.2) is 47.3 Å². The highest BCUT2D eigenvalue weighted by molar-refractivity contribution is 5.80. The van der Waals surface area contributed by atoms with Crippen molar-refractivity contribution in [3.63, 3.8) is 0 Å². The molecule has 0 radical (unpaired) electrons. The number of aliphatic carboxylic acids is 1. The zero-order valence-electron chi connectivity index (χ0n) is 10.8. The van der Waals surface area contributed by atoms with Crippen LogP contribution in [0.5, 0.6) is 0 Å². The summed E-state index contributed by atoms with van der Waals surface area (Å²) < 4.78 is 37.1. The van der Waals surface area contributed by atoms with E-state index in [1.54, 1.807) is 0 Å². The van der Waals surface area contributed by atoms with Crippen molar-refractivity contribution in [1.82, 2.24) is 10.2 Å². The highest BCUT2D eigenvalue weighted by Gasteiger charge is 2.43. The molecule has 5 nitrogen and oxygen atoms in total. The Balaban J connectivity index is 1.95. The lowest BCUT2D eigenvalue weighted by Crippen LogP contribution is -2.51. The minimum absolute atomic E-state index is 0.105. The van der Waals surface area contributed by atoms with Gasteiger partial charge in [0.2, 0.25) is 0 Å². The van der Waals surface area contributed by atoms with Gasteiger partial charge in [-0.3, -0.25) is 4.79 Å². The van der Waals surface area contributed by atoms with E-state index in [-0.39, 0.29) is 6.04 Å². The Morgan fingerprint density at radius 2 is 1.70 bits per heavy atom. The van der Waals surface area contributed by atoms with Crippen LogP contribution in [0.2, 0.25) is 0 Å². The van der Waals surface area contributed by atoms with Gasteiger partial charge in [0.1, 0.15) is 13.1 Å². The molecule has 0 unspecified atom stereocenters. The van der Waals surface area contributed by atoms with Crippen molar-refractivity contribution in [3.05, 3.63) is 0 Å². The maximum Gasteiger partial charge on any atom is 0.406 e. The van der Waals surface area contributed by atoms with E-state index >= 15 is 0 Å². The smallest absolute Gasteiger partial charge is 0.406 e. The quantitative estimate of drug-likeness (QED) is 0.785. The molecule has 0 atom stereocenters. The molecule has 0 aromatic carbocycles. The average molecular weight is 294 g/mol. The number of amides is 2. The fourth-order valence-corrected chi connectivity index (χ4v) is 2.34. The molecule has 114 valence electrons. The predicted octanol–water partition coefficient (Wildman–Crippen LogP) is 1.83. The molecular weight excluding hydrogens is 277 g/mol. The second-order valence-electron chi connectivity index (χ2n) is 5.52. The molecule has 0 saturated heterocycles. The molecule has 2 N–H and O–H groups in total. The second kappa shape index (κ2) is 5.49. The molecule has 2 rings (SSSR count). The molecular formula is C12H17F3N2O3. The van der Waals surface area contributed by atoms with E-state index in [1.165, 1.54) is 0 Å². The van der Waals surface area contributed by atoms with E-state index < -0.39 is 31.3 Å². The number of nitrogens with zero attached hydrogens (tertiary/aromatic N) is 1. The first-order valence-corrected chi connectivity index (χ1v) is 6.60. The number of hydrogen-bond acceptors (Lipinski definition) is 2. The molecule has 8 heteroatoms. The summed E-state index contributed by atoms with van der Waals surface area (Å²) in [6.45, 7) is -2.50. The largest absolute Gasteiger partial charge is 0.480 e. The third-order valence-corrected chi connectivity index (χ3v) is 3.53. The van der Waals surface area contributed by atoms with Crippen LogP contribution >= 0.6 is 0 Å². The fraction of sp³-hybridized carbons (Fsp3) is 0.833. The number of halogens is 3. The molecule has 2 aliphatic rings. The van der Waals surface area contributed by atoms with Crippen LogP contribution in [0.4, 0.5) is 18.0 Å². The maximum absolute atomic E-state index is 12.4. The Hall–Kier alpha value is -1.47.